The Kier molecular flexibility index (Phi) is 4.87. The van der Waals surface area contributed by atoms with Crippen molar-refractivity contribution in [1.82, 2.24) is 4.90 Å². The van der Waals surface area contributed by atoms with E-state index < -0.39 is 6.10 Å². The van der Waals surface area contributed by atoms with Crippen LogP contribution in [0, 0.1) is 0 Å². The average molecular weight is 327 g/mol. The maximum atomic E-state index is 9.62. The first-order chi connectivity index (χ1) is 9.02. The highest BCUT2D eigenvalue weighted by Gasteiger charge is 2.23. The smallest absolute Gasteiger partial charge is 0.0762 e. The lowest BCUT2D eigenvalue weighted by Crippen LogP contribution is -2.51. The van der Waals surface area contributed by atoms with E-state index in [1.807, 2.05) is 12.1 Å². The third-order valence-electron chi connectivity index (χ3n) is 3.97. The van der Waals surface area contributed by atoms with Crippen LogP contribution in [0.15, 0.2) is 22.7 Å². The van der Waals surface area contributed by atoms with Gasteiger partial charge in [-0.2, -0.15) is 0 Å². The number of hydrogen-bond acceptors (Lipinski definition) is 3. The van der Waals surface area contributed by atoms with Crippen LogP contribution >= 0.6 is 15.9 Å². The molecule has 0 radical (unpaired) electrons. The summed E-state index contributed by atoms with van der Waals surface area (Å²) in [6.45, 7) is 10.7. The second-order valence-electron chi connectivity index (χ2n) is 5.31. The topological polar surface area (TPSA) is 26.7 Å². The molecule has 0 aliphatic carbocycles. The molecule has 0 bridgehead atoms. The minimum absolute atomic E-state index is 0.416. The van der Waals surface area contributed by atoms with E-state index in [1.165, 1.54) is 5.69 Å². The number of rotatable bonds is 3. The van der Waals surface area contributed by atoms with E-state index in [9.17, 15) is 5.11 Å². The highest BCUT2D eigenvalue weighted by atomic mass is 79.9. The minimum Gasteiger partial charge on any atom is -0.389 e. The van der Waals surface area contributed by atoms with Gasteiger partial charge in [-0.25, -0.2) is 0 Å². The molecule has 1 fully saturated rings. The molecule has 2 atom stereocenters. The van der Waals surface area contributed by atoms with Crippen molar-refractivity contribution in [2.75, 3.05) is 31.1 Å². The van der Waals surface area contributed by atoms with Gasteiger partial charge in [-0.05, 0) is 54.0 Å². The predicted molar refractivity (Wildman–Crippen MR) is 83.7 cm³/mol. The second-order valence-corrected chi connectivity index (χ2v) is 6.16. The van der Waals surface area contributed by atoms with Crippen molar-refractivity contribution in [2.24, 2.45) is 0 Å². The van der Waals surface area contributed by atoms with Crippen LogP contribution in [0.3, 0.4) is 0 Å². The van der Waals surface area contributed by atoms with Crippen molar-refractivity contribution in [2.45, 2.75) is 32.9 Å². The first-order valence-electron chi connectivity index (χ1n) is 6.99. The van der Waals surface area contributed by atoms with E-state index >= 15 is 0 Å². The molecule has 2 unspecified atom stereocenters. The molecule has 106 valence electrons. The number of aliphatic hydroxyl groups is 1. The molecule has 0 aromatic heterocycles. The molecule has 2 rings (SSSR count). The SMILES string of the molecule is CCN1CCN(c2ccc(C(C)O)cc2Br)CC1C. The van der Waals surface area contributed by atoms with Crippen molar-refractivity contribution in [3.8, 4) is 0 Å². The fourth-order valence-electron chi connectivity index (χ4n) is 2.72. The van der Waals surface area contributed by atoms with E-state index in [0.29, 0.717) is 6.04 Å². The van der Waals surface area contributed by atoms with Gasteiger partial charge in [0.25, 0.3) is 0 Å². The minimum atomic E-state index is -0.416. The Balaban J connectivity index is 2.15. The number of aliphatic hydroxyl groups excluding tert-OH is 1. The molecule has 0 spiro atoms. The summed E-state index contributed by atoms with van der Waals surface area (Å²) in [7, 11) is 0. The Morgan fingerprint density at radius 3 is 2.68 bits per heavy atom. The number of likely N-dealkylation sites (N-methyl/N-ethyl adjacent to an activating group) is 1. The summed E-state index contributed by atoms with van der Waals surface area (Å²) in [4.78, 5) is 4.93. The largest absolute Gasteiger partial charge is 0.389 e. The molecule has 1 aromatic rings. The van der Waals surface area contributed by atoms with Crippen LogP contribution in [0.25, 0.3) is 0 Å². The maximum Gasteiger partial charge on any atom is 0.0762 e. The first kappa shape index (κ1) is 14.8. The van der Waals surface area contributed by atoms with Gasteiger partial charge in [-0.3, -0.25) is 4.90 Å². The fourth-order valence-corrected chi connectivity index (χ4v) is 3.37. The Labute approximate surface area is 124 Å². The highest BCUT2D eigenvalue weighted by Crippen LogP contribution is 2.30. The van der Waals surface area contributed by atoms with Gasteiger partial charge in [0, 0.05) is 30.1 Å². The molecular formula is C15H23BrN2O. The normalized spacial score (nSPS) is 22.6. The van der Waals surface area contributed by atoms with Gasteiger partial charge in [0.05, 0.1) is 11.8 Å². The summed E-state index contributed by atoms with van der Waals surface area (Å²) in [5, 5.41) is 9.62. The molecule has 4 heteroatoms. The van der Waals surface area contributed by atoms with E-state index in [2.05, 4.69) is 45.6 Å². The summed E-state index contributed by atoms with van der Waals surface area (Å²) in [6.07, 6.45) is -0.416. The summed E-state index contributed by atoms with van der Waals surface area (Å²) in [5.74, 6) is 0. The molecular weight excluding hydrogens is 304 g/mol. The monoisotopic (exact) mass is 326 g/mol. The second kappa shape index (κ2) is 6.25. The van der Waals surface area contributed by atoms with E-state index in [0.717, 1.165) is 36.2 Å². The van der Waals surface area contributed by atoms with Crippen LogP contribution in [0.1, 0.15) is 32.4 Å². The van der Waals surface area contributed by atoms with Crippen LogP contribution in [0.5, 0.6) is 0 Å². The first-order valence-corrected chi connectivity index (χ1v) is 7.78. The molecule has 1 heterocycles. The van der Waals surface area contributed by atoms with Crippen LogP contribution < -0.4 is 4.90 Å². The highest BCUT2D eigenvalue weighted by molar-refractivity contribution is 9.10. The Morgan fingerprint density at radius 2 is 2.16 bits per heavy atom. The molecule has 0 saturated carbocycles. The lowest BCUT2D eigenvalue weighted by atomic mass is 10.1. The Morgan fingerprint density at radius 1 is 1.42 bits per heavy atom. The van der Waals surface area contributed by atoms with Gasteiger partial charge >= 0.3 is 0 Å². The van der Waals surface area contributed by atoms with Crippen LogP contribution in [-0.4, -0.2) is 42.2 Å². The van der Waals surface area contributed by atoms with Gasteiger partial charge in [-0.15, -0.1) is 0 Å². The van der Waals surface area contributed by atoms with Crippen molar-refractivity contribution in [1.29, 1.82) is 0 Å². The Hall–Kier alpha value is -0.580. The average Bonchev–Trinajstić information content (AvgIpc) is 2.38. The zero-order chi connectivity index (χ0) is 14.0. The van der Waals surface area contributed by atoms with Crippen LogP contribution in [-0.2, 0) is 0 Å². The lowest BCUT2D eigenvalue weighted by molar-refractivity contribution is 0.198. The summed E-state index contributed by atoms with van der Waals surface area (Å²) < 4.78 is 1.07. The van der Waals surface area contributed by atoms with Gasteiger partial charge in [-0.1, -0.05) is 13.0 Å². The number of piperazine rings is 1. The maximum absolute atomic E-state index is 9.62. The molecule has 1 N–H and O–H groups in total. The third-order valence-corrected chi connectivity index (χ3v) is 4.60. The van der Waals surface area contributed by atoms with E-state index in [4.69, 9.17) is 0 Å². The molecule has 1 aromatic carbocycles. The van der Waals surface area contributed by atoms with Crippen LogP contribution in [0.2, 0.25) is 0 Å². The fraction of sp³-hybridized carbons (Fsp3) is 0.600. The molecule has 19 heavy (non-hydrogen) atoms. The summed E-state index contributed by atoms with van der Waals surface area (Å²) >= 11 is 3.64. The van der Waals surface area contributed by atoms with Crippen molar-refractivity contribution in [3.63, 3.8) is 0 Å². The Bertz CT molecular complexity index is 436. The number of hydrogen-bond donors (Lipinski definition) is 1. The van der Waals surface area contributed by atoms with Gasteiger partial charge in [0.2, 0.25) is 0 Å². The molecule has 1 aliphatic rings. The van der Waals surface area contributed by atoms with Crippen molar-refractivity contribution in [3.05, 3.63) is 28.2 Å². The van der Waals surface area contributed by atoms with Gasteiger partial charge in [0.1, 0.15) is 0 Å². The number of anilines is 1. The third kappa shape index (κ3) is 3.30. The van der Waals surface area contributed by atoms with Crippen molar-refractivity contribution >= 4 is 21.6 Å². The number of benzene rings is 1. The molecule has 0 amide bonds. The zero-order valence-corrected chi connectivity index (χ0v) is 13.5. The van der Waals surface area contributed by atoms with Gasteiger partial charge in [0.15, 0.2) is 0 Å². The quantitative estimate of drug-likeness (QED) is 0.924. The van der Waals surface area contributed by atoms with Gasteiger partial charge < -0.3 is 10.0 Å². The molecule has 3 nitrogen and oxygen atoms in total. The van der Waals surface area contributed by atoms with E-state index in [1.54, 1.807) is 6.92 Å². The number of nitrogens with zero attached hydrogens (tertiary/aromatic N) is 2. The molecule has 1 aliphatic heterocycles. The van der Waals surface area contributed by atoms with Crippen molar-refractivity contribution < 1.29 is 5.11 Å². The summed E-state index contributed by atoms with van der Waals surface area (Å²) in [5.41, 5.74) is 2.18. The standard InChI is InChI=1S/C15H23BrN2O/c1-4-17-7-8-18(10-11(17)2)15-6-5-13(12(3)19)9-14(15)16/h5-6,9,11-12,19H,4,7-8,10H2,1-3H3. The van der Waals surface area contributed by atoms with Crippen LogP contribution in [0.4, 0.5) is 5.69 Å². The zero-order valence-electron chi connectivity index (χ0n) is 11.9. The lowest BCUT2D eigenvalue weighted by Gasteiger charge is -2.41. The number of halogens is 1. The van der Waals surface area contributed by atoms with E-state index in [-0.39, 0.29) is 0 Å². The predicted octanol–water partition coefficient (Wildman–Crippen LogP) is 3.03. The molecule has 1 saturated heterocycles. The summed E-state index contributed by atoms with van der Waals surface area (Å²) in [6, 6.07) is 6.74.